The van der Waals surface area contributed by atoms with Gasteiger partial charge in [0.1, 0.15) is 0 Å². The molecule has 0 amide bonds. The van der Waals surface area contributed by atoms with Crippen LogP contribution in [0.15, 0.2) is 0 Å². The largest absolute Gasteiger partial charge is 0.481 e. The van der Waals surface area contributed by atoms with Gasteiger partial charge in [0.15, 0.2) is 0 Å². The molecule has 3 nitrogen and oxygen atoms in total. The van der Waals surface area contributed by atoms with Gasteiger partial charge >= 0.3 is 5.97 Å². The van der Waals surface area contributed by atoms with E-state index in [2.05, 4.69) is 26.1 Å². The van der Waals surface area contributed by atoms with E-state index in [4.69, 9.17) is 5.11 Å². The Morgan fingerprint density at radius 2 is 2.07 bits per heavy atom. The van der Waals surface area contributed by atoms with Crippen molar-refractivity contribution in [1.29, 1.82) is 0 Å². The summed E-state index contributed by atoms with van der Waals surface area (Å²) >= 11 is 0. The molecule has 1 rings (SSSR count). The predicted octanol–water partition coefficient (Wildman–Crippen LogP) is 2.12. The molecule has 1 saturated carbocycles. The predicted molar refractivity (Wildman–Crippen MR) is 60.8 cm³/mol. The number of rotatable bonds is 6. The molecule has 1 aliphatic carbocycles. The van der Waals surface area contributed by atoms with Crippen LogP contribution >= 0.6 is 0 Å². The summed E-state index contributed by atoms with van der Waals surface area (Å²) in [4.78, 5) is 11.0. The second kappa shape index (κ2) is 5.50. The van der Waals surface area contributed by atoms with Gasteiger partial charge in [-0.05, 0) is 31.1 Å². The average Bonchev–Trinajstić information content (AvgIpc) is 2.07. The molecular weight excluding hydrogens is 190 g/mol. The Morgan fingerprint density at radius 3 is 2.47 bits per heavy atom. The number of hydrogen-bond acceptors (Lipinski definition) is 2. The van der Waals surface area contributed by atoms with E-state index < -0.39 is 5.97 Å². The summed E-state index contributed by atoms with van der Waals surface area (Å²) < 4.78 is 0. The molecule has 2 N–H and O–H groups in total. The quantitative estimate of drug-likeness (QED) is 0.710. The van der Waals surface area contributed by atoms with Crippen LogP contribution in [-0.2, 0) is 4.79 Å². The maximum atomic E-state index is 11.0. The summed E-state index contributed by atoms with van der Waals surface area (Å²) in [6, 6.07) is 0.564. The number of carbonyl (C=O) groups is 1. The lowest BCUT2D eigenvalue weighted by molar-refractivity contribution is -0.142. The summed E-state index contributed by atoms with van der Waals surface area (Å²) in [5, 5.41) is 12.4. The Balaban J connectivity index is 2.22. The van der Waals surface area contributed by atoms with Crippen molar-refractivity contribution in [2.75, 3.05) is 6.54 Å². The van der Waals surface area contributed by atoms with E-state index in [9.17, 15) is 4.79 Å². The molecule has 1 fully saturated rings. The maximum Gasteiger partial charge on any atom is 0.307 e. The highest BCUT2D eigenvalue weighted by molar-refractivity contribution is 5.70. The number of nitrogens with one attached hydrogen (secondary N) is 1. The zero-order valence-corrected chi connectivity index (χ0v) is 9.99. The third-order valence-electron chi connectivity index (χ3n) is 3.13. The lowest BCUT2D eigenvalue weighted by atomic mass is 9.81. The van der Waals surface area contributed by atoms with Gasteiger partial charge in [0, 0.05) is 12.6 Å². The molecule has 1 unspecified atom stereocenters. The van der Waals surface area contributed by atoms with Gasteiger partial charge < -0.3 is 10.4 Å². The van der Waals surface area contributed by atoms with Gasteiger partial charge in [-0.15, -0.1) is 0 Å². The Hall–Kier alpha value is -0.570. The van der Waals surface area contributed by atoms with Crippen LogP contribution in [0.2, 0.25) is 0 Å². The van der Waals surface area contributed by atoms with Crippen molar-refractivity contribution >= 4 is 5.97 Å². The number of carboxylic acid groups (broad SMARTS) is 1. The summed E-state index contributed by atoms with van der Waals surface area (Å²) in [5.41, 5.74) is 0. The molecule has 0 spiro atoms. The van der Waals surface area contributed by atoms with E-state index in [1.807, 2.05) is 0 Å². The topological polar surface area (TPSA) is 49.3 Å². The third-order valence-corrected chi connectivity index (χ3v) is 3.13. The molecule has 0 heterocycles. The highest BCUT2D eigenvalue weighted by atomic mass is 16.4. The Bertz CT molecular complexity index is 210. The van der Waals surface area contributed by atoms with Crippen LogP contribution in [0.4, 0.5) is 0 Å². The lowest BCUT2D eigenvalue weighted by Gasteiger charge is -2.34. The van der Waals surface area contributed by atoms with Gasteiger partial charge in [0.05, 0.1) is 5.92 Å². The van der Waals surface area contributed by atoms with Crippen LogP contribution in [0.3, 0.4) is 0 Å². The van der Waals surface area contributed by atoms with E-state index in [-0.39, 0.29) is 5.92 Å². The molecule has 0 radical (unpaired) electrons. The molecule has 0 aromatic rings. The fraction of sp³-hybridized carbons (Fsp3) is 0.917. The Kier molecular flexibility index (Phi) is 4.58. The smallest absolute Gasteiger partial charge is 0.307 e. The van der Waals surface area contributed by atoms with Crippen LogP contribution in [0.1, 0.15) is 40.0 Å². The highest BCUT2D eigenvalue weighted by Gasteiger charge is 2.27. The normalized spacial score (nSPS) is 27.5. The molecule has 1 atom stereocenters. The van der Waals surface area contributed by atoms with Gasteiger partial charge in [0.2, 0.25) is 0 Å². The minimum Gasteiger partial charge on any atom is -0.481 e. The Labute approximate surface area is 92.3 Å². The van der Waals surface area contributed by atoms with Crippen LogP contribution in [0.25, 0.3) is 0 Å². The van der Waals surface area contributed by atoms with E-state index in [1.54, 1.807) is 0 Å². The van der Waals surface area contributed by atoms with E-state index >= 15 is 0 Å². The number of hydrogen-bond donors (Lipinski definition) is 2. The third kappa shape index (κ3) is 4.20. The first-order valence-corrected chi connectivity index (χ1v) is 5.95. The lowest BCUT2D eigenvalue weighted by Crippen LogP contribution is -2.43. The van der Waals surface area contributed by atoms with Gasteiger partial charge in [-0.1, -0.05) is 20.8 Å². The van der Waals surface area contributed by atoms with Crippen LogP contribution in [0.5, 0.6) is 0 Å². The Morgan fingerprint density at radius 1 is 1.47 bits per heavy atom. The van der Waals surface area contributed by atoms with Crippen LogP contribution in [0, 0.1) is 17.8 Å². The fourth-order valence-electron chi connectivity index (χ4n) is 2.22. The molecule has 88 valence electrons. The first kappa shape index (κ1) is 12.5. The second-order valence-electron chi connectivity index (χ2n) is 5.35. The number of aliphatic carboxylic acids is 1. The second-order valence-corrected chi connectivity index (χ2v) is 5.35. The first-order chi connectivity index (χ1) is 6.99. The minimum absolute atomic E-state index is 0.221. The van der Waals surface area contributed by atoms with Crippen molar-refractivity contribution in [3.8, 4) is 0 Å². The van der Waals surface area contributed by atoms with Crippen molar-refractivity contribution < 1.29 is 9.90 Å². The van der Waals surface area contributed by atoms with Gasteiger partial charge in [-0.3, -0.25) is 4.79 Å². The summed E-state index contributed by atoms with van der Waals surface area (Å²) in [6.45, 7) is 7.01. The summed E-state index contributed by atoms with van der Waals surface area (Å²) in [5.74, 6) is 0.383. The van der Waals surface area contributed by atoms with Crippen molar-refractivity contribution in [3.05, 3.63) is 0 Å². The van der Waals surface area contributed by atoms with E-state index in [0.717, 1.165) is 12.3 Å². The first-order valence-electron chi connectivity index (χ1n) is 5.95. The van der Waals surface area contributed by atoms with E-state index in [0.29, 0.717) is 18.5 Å². The van der Waals surface area contributed by atoms with E-state index in [1.165, 1.54) is 12.8 Å². The van der Waals surface area contributed by atoms with Gasteiger partial charge in [-0.2, -0.15) is 0 Å². The highest BCUT2D eigenvalue weighted by Crippen LogP contribution is 2.26. The summed E-state index contributed by atoms with van der Waals surface area (Å²) in [6.07, 6.45) is 3.17. The molecule has 0 saturated heterocycles. The summed E-state index contributed by atoms with van der Waals surface area (Å²) in [7, 11) is 0. The molecule has 15 heavy (non-hydrogen) atoms. The van der Waals surface area contributed by atoms with Gasteiger partial charge in [-0.25, -0.2) is 0 Å². The molecule has 1 aliphatic rings. The molecule has 3 heteroatoms. The monoisotopic (exact) mass is 213 g/mol. The zero-order chi connectivity index (χ0) is 11.4. The molecule has 0 aliphatic heterocycles. The SMILES string of the molecule is CC(C)CC(CNC1CC(C)C1)C(=O)O. The maximum absolute atomic E-state index is 11.0. The van der Waals surface area contributed by atoms with Gasteiger partial charge in [0.25, 0.3) is 0 Å². The standard InChI is InChI=1S/C12H23NO2/c1-8(2)4-10(12(14)15)7-13-11-5-9(3)6-11/h8-11,13H,4-7H2,1-3H3,(H,14,15). The average molecular weight is 213 g/mol. The molecule has 0 aromatic heterocycles. The van der Waals surface area contributed by atoms with Crippen LogP contribution < -0.4 is 5.32 Å². The number of carboxylic acids is 1. The van der Waals surface area contributed by atoms with Crippen LogP contribution in [-0.4, -0.2) is 23.7 Å². The van der Waals surface area contributed by atoms with Crippen molar-refractivity contribution in [2.45, 2.75) is 46.1 Å². The molecule has 0 aromatic carbocycles. The van der Waals surface area contributed by atoms with Crippen molar-refractivity contribution in [2.24, 2.45) is 17.8 Å². The fourth-order valence-corrected chi connectivity index (χ4v) is 2.22. The minimum atomic E-state index is -0.663. The van der Waals surface area contributed by atoms with Crippen molar-refractivity contribution in [1.82, 2.24) is 5.32 Å². The molecule has 0 bridgehead atoms. The van der Waals surface area contributed by atoms with Crippen molar-refractivity contribution in [3.63, 3.8) is 0 Å². The molecular formula is C12H23NO2. The zero-order valence-electron chi connectivity index (χ0n) is 9.99.